The maximum absolute atomic E-state index is 12.5. The summed E-state index contributed by atoms with van der Waals surface area (Å²) in [6.07, 6.45) is -1.62. The fraction of sp³-hybridized carbons (Fsp3) is 0.583. The van der Waals surface area contributed by atoms with Crippen molar-refractivity contribution < 1.29 is 13.2 Å². The number of alkyl halides is 4. The monoisotopic (exact) mass is 280 g/mol. The zero-order valence-corrected chi connectivity index (χ0v) is 10.9. The highest BCUT2D eigenvalue weighted by Gasteiger charge is 2.32. The van der Waals surface area contributed by atoms with Gasteiger partial charge in [0.2, 0.25) is 0 Å². The summed E-state index contributed by atoms with van der Waals surface area (Å²) in [6.45, 7) is 0.672. The molecule has 6 heteroatoms. The normalized spacial score (nSPS) is 11.6. The van der Waals surface area contributed by atoms with Crippen LogP contribution in [0.4, 0.5) is 19.0 Å². The number of anilines is 1. The second kappa shape index (κ2) is 6.83. The lowest BCUT2D eigenvalue weighted by molar-refractivity contribution is -0.141. The third kappa shape index (κ3) is 4.72. The Morgan fingerprint density at radius 2 is 1.94 bits per heavy atom. The molecular weight excluding hydrogens is 265 g/mol. The molecule has 0 fully saturated rings. The molecule has 1 aromatic heterocycles. The minimum atomic E-state index is -4.39. The molecule has 0 aliphatic rings. The molecule has 0 atom stereocenters. The van der Waals surface area contributed by atoms with Crippen LogP contribution >= 0.6 is 11.6 Å². The minimum Gasteiger partial charge on any atom is -0.360 e. The SMILES string of the molecule is CN(CCCCCCl)c1cccc(C(F)(F)F)n1. The summed E-state index contributed by atoms with van der Waals surface area (Å²) >= 11 is 5.55. The highest BCUT2D eigenvalue weighted by molar-refractivity contribution is 6.17. The molecular formula is C12H16ClF3N2. The molecule has 0 saturated heterocycles. The summed E-state index contributed by atoms with van der Waals surface area (Å²) in [7, 11) is 1.74. The molecule has 0 aliphatic carbocycles. The summed E-state index contributed by atoms with van der Waals surface area (Å²) in [5.74, 6) is 0.960. The molecule has 0 saturated carbocycles. The first-order chi connectivity index (χ1) is 8.45. The van der Waals surface area contributed by atoms with Gasteiger partial charge < -0.3 is 4.90 Å². The molecule has 0 bridgehead atoms. The maximum atomic E-state index is 12.5. The topological polar surface area (TPSA) is 16.1 Å². The predicted molar refractivity (Wildman–Crippen MR) is 67.1 cm³/mol. The summed E-state index contributed by atoms with van der Waals surface area (Å²) in [4.78, 5) is 5.34. The molecule has 0 amide bonds. The molecule has 0 aromatic carbocycles. The standard InChI is InChI=1S/C12H16ClF3N2/c1-18(9-4-2-3-8-13)11-7-5-6-10(17-11)12(14,15)16/h5-7H,2-4,8-9H2,1H3. The Hall–Kier alpha value is -0.970. The second-order valence-electron chi connectivity index (χ2n) is 4.05. The van der Waals surface area contributed by atoms with E-state index in [9.17, 15) is 13.2 Å². The Bertz CT molecular complexity index is 369. The lowest BCUT2D eigenvalue weighted by Crippen LogP contribution is -2.21. The van der Waals surface area contributed by atoms with Gasteiger partial charge in [0.25, 0.3) is 0 Å². The van der Waals surface area contributed by atoms with Crippen LogP contribution in [-0.2, 0) is 6.18 Å². The molecule has 0 aliphatic heterocycles. The van der Waals surface area contributed by atoms with Crippen molar-refractivity contribution >= 4 is 17.4 Å². The average Bonchev–Trinajstić information content (AvgIpc) is 2.33. The number of rotatable bonds is 6. The Morgan fingerprint density at radius 1 is 1.22 bits per heavy atom. The van der Waals surface area contributed by atoms with Crippen molar-refractivity contribution in [3.63, 3.8) is 0 Å². The first-order valence-electron chi connectivity index (χ1n) is 5.76. The Labute approximate surface area is 110 Å². The lowest BCUT2D eigenvalue weighted by Gasteiger charge is -2.19. The number of hydrogen-bond acceptors (Lipinski definition) is 2. The predicted octanol–water partition coefficient (Wildman–Crippen LogP) is 3.95. The van der Waals surface area contributed by atoms with E-state index < -0.39 is 11.9 Å². The van der Waals surface area contributed by atoms with Crippen molar-refractivity contribution in [2.45, 2.75) is 25.4 Å². The molecule has 0 N–H and O–H groups in total. The fourth-order valence-corrected chi connectivity index (χ4v) is 1.72. The zero-order valence-electron chi connectivity index (χ0n) is 10.2. The third-order valence-corrected chi connectivity index (χ3v) is 2.81. The van der Waals surface area contributed by atoms with Gasteiger partial charge in [-0.15, -0.1) is 11.6 Å². The Balaban J connectivity index is 2.60. The van der Waals surface area contributed by atoms with Crippen LogP contribution in [0, 0.1) is 0 Å². The van der Waals surface area contributed by atoms with Crippen LogP contribution in [0.3, 0.4) is 0 Å². The first-order valence-corrected chi connectivity index (χ1v) is 6.30. The van der Waals surface area contributed by atoms with Crippen LogP contribution in [-0.4, -0.2) is 24.5 Å². The van der Waals surface area contributed by atoms with Crippen LogP contribution in [0.1, 0.15) is 25.0 Å². The molecule has 0 radical (unpaired) electrons. The molecule has 0 unspecified atom stereocenters. The smallest absolute Gasteiger partial charge is 0.360 e. The van der Waals surface area contributed by atoms with Crippen LogP contribution in [0.5, 0.6) is 0 Å². The van der Waals surface area contributed by atoms with Gasteiger partial charge in [-0.3, -0.25) is 0 Å². The zero-order chi connectivity index (χ0) is 13.6. The van der Waals surface area contributed by atoms with E-state index in [1.54, 1.807) is 18.0 Å². The minimum absolute atomic E-state index is 0.343. The molecule has 0 spiro atoms. The molecule has 1 rings (SSSR count). The summed E-state index contributed by atoms with van der Waals surface area (Å²) in [6, 6.07) is 3.93. The van der Waals surface area contributed by atoms with Crippen LogP contribution < -0.4 is 4.90 Å². The number of hydrogen-bond donors (Lipinski definition) is 0. The van der Waals surface area contributed by atoms with Gasteiger partial charge >= 0.3 is 6.18 Å². The number of pyridine rings is 1. The van der Waals surface area contributed by atoms with Crippen molar-refractivity contribution in [1.82, 2.24) is 4.98 Å². The number of unbranched alkanes of at least 4 members (excludes halogenated alkanes) is 2. The van der Waals surface area contributed by atoms with E-state index >= 15 is 0 Å². The summed E-state index contributed by atoms with van der Waals surface area (Å²) in [5.41, 5.74) is -0.854. The van der Waals surface area contributed by atoms with Gasteiger partial charge in [0.15, 0.2) is 0 Å². The van der Waals surface area contributed by atoms with E-state index in [0.717, 1.165) is 25.3 Å². The Kier molecular flexibility index (Phi) is 5.72. The molecule has 102 valence electrons. The molecule has 1 heterocycles. The third-order valence-electron chi connectivity index (χ3n) is 2.54. The van der Waals surface area contributed by atoms with Crippen molar-refractivity contribution in [1.29, 1.82) is 0 Å². The highest BCUT2D eigenvalue weighted by atomic mass is 35.5. The first kappa shape index (κ1) is 15.1. The van der Waals surface area contributed by atoms with Crippen molar-refractivity contribution in [3.05, 3.63) is 23.9 Å². The van der Waals surface area contributed by atoms with Gasteiger partial charge in [-0.1, -0.05) is 12.5 Å². The Morgan fingerprint density at radius 3 is 2.56 bits per heavy atom. The molecule has 18 heavy (non-hydrogen) atoms. The van der Waals surface area contributed by atoms with Crippen LogP contribution in [0.2, 0.25) is 0 Å². The van der Waals surface area contributed by atoms with E-state index in [4.69, 9.17) is 11.6 Å². The van der Waals surface area contributed by atoms with Gasteiger partial charge in [0.1, 0.15) is 11.5 Å². The average molecular weight is 281 g/mol. The van der Waals surface area contributed by atoms with E-state index in [2.05, 4.69) is 4.98 Å². The van der Waals surface area contributed by atoms with Crippen molar-refractivity contribution in [2.75, 3.05) is 24.4 Å². The lowest BCUT2D eigenvalue weighted by atomic mass is 10.2. The maximum Gasteiger partial charge on any atom is 0.433 e. The van der Waals surface area contributed by atoms with Crippen LogP contribution in [0.25, 0.3) is 0 Å². The number of aromatic nitrogens is 1. The largest absolute Gasteiger partial charge is 0.433 e. The number of halogens is 4. The highest BCUT2D eigenvalue weighted by Crippen LogP contribution is 2.28. The van der Waals surface area contributed by atoms with Crippen molar-refractivity contribution in [3.8, 4) is 0 Å². The van der Waals surface area contributed by atoms with Gasteiger partial charge in [-0.05, 0) is 25.0 Å². The molecule has 2 nitrogen and oxygen atoms in total. The van der Waals surface area contributed by atoms with Gasteiger partial charge in [-0.2, -0.15) is 13.2 Å². The quantitative estimate of drug-likeness (QED) is 0.579. The van der Waals surface area contributed by atoms with E-state index in [-0.39, 0.29) is 0 Å². The summed E-state index contributed by atoms with van der Waals surface area (Å²) < 4.78 is 37.5. The molecule has 1 aromatic rings. The van der Waals surface area contributed by atoms with E-state index in [1.807, 2.05) is 0 Å². The van der Waals surface area contributed by atoms with Crippen LogP contribution in [0.15, 0.2) is 18.2 Å². The van der Waals surface area contributed by atoms with Crippen molar-refractivity contribution in [2.24, 2.45) is 0 Å². The van der Waals surface area contributed by atoms with Gasteiger partial charge in [0, 0.05) is 19.5 Å². The van der Waals surface area contributed by atoms with Gasteiger partial charge in [0.05, 0.1) is 0 Å². The van der Waals surface area contributed by atoms with Gasteiger partial charge in [-0.25, -0.2) is 4.98 Å². The fourth-order valence-electron chi connectivity index (χ4n) is 1.53. The van der Waals surface area contributed by atoms with E-state index in [0.29, 0.717) is 18.2 Å². The summed E-state index contributed by atoms with van der Waals surface area (Å²) in [5, 5.41) is 0. The number of nitrogens with zero attached hydrogens (tertiary/aromatic N) is 2. The van der Waals surface area contributed by atoms with E-state index in [1.165, 1.54) is 6.07 Å². The second-order valence-corrected chi connectivity index (χ2v) is 4.43.